The van der Waals surface area contributed by atoms with Crippen molar-refractivity contribution < 1.29 is 19.4 Å². The molecule has 0 bridgehead atoms. The minimum atomic E-state index is -1.49. The number of hydrogen-bond acceptors (Lipinski definition) is 6. The third-order valence-corrected chi connectivity index (χ3v) is 9.94. The number of ether oxygens (including phenoxy) is 2. The van der Waals surface area contributed by atoms with Crippen molar-refractivity contribution in [3.8, 4) is 5.75 Å². The van der Waals surface area contributed by atoms with Gasteiger partial charge in [0.1, 0.15) is 5.75 Å². The van der Waals surface area contributed by atoms with E-state index in [4.69, 9.17) is 42.8 Å². The van der Waals surface area contributed by atoms with Crippen LogP contribution in [-0.2, 0) is 16.0 Å². The predicted octanol–water partition coefficient (Wildman–Crippen LogP) is 8.47. The Hall–Kier alpha value is -4.18. The summed E-state index contributed by atoms with van der Waals surface area (Å²) >= 11 is 16.8. The van der Waals surface area contributed by atoms with Gasteiger partial charge in [-0.15, -0.1) is 0 Å². The number of aliphatic hydroxyl groups is 1. The molecule has 50 heavy (non-hydrogen) atoms. The molecule has 0 saturated carbocycles. The second-order valence-corrected chi connectivity index (χ2v) is 13.6. The number of carbonyl (C=O) groups excluding carboxylic acids is 1. The first-order valence-corrected chi connectivity index (χ1v) is 17.8. The number of halogens is 3. The molecule has 1 aliphatic rings. The normalized spacial score (nSPS) is 16.9. The number of aliphatic hydroxyl groups excluding tert-OH is 1. The third-order valence-electron chi connectivity index (χ3n) is 8.60. The fraction of sp³-hybridized carbons (Fsp3) is 0.200. The minimum absolute atomic E-state index is 0.0320. The first kappa shape index (κ1) is 35.6. The summed E-state index contributed by atoms with van der Waals surface area (Å²) in [7, 11) is 0. The SMILES string of the molecule is O=C(NNCC(c1ccccc1)c1ccccc1)[C@@]1(Cc2ccccc2Br)N=C(c2ccc(OCCCO)cc2)O[C@H]1c1ccc(Cl)cc1Cl. The molecule has 0 aromatic heterocycles. The Balaban J connectivity index is 1.38. The number of hydrogen-bond donors (Lipinski definition) is 3. The highest BCUT2D eigenvalue weighted by Crippen LogP contribution is 2.45. The van der Waals surface area contributed by atoms with E-state index >= 15 is 0 Å². The zero-order valence-electron chi connectivity index (χ0n) is 27.1. The van der Waals surface area contributed by atoms with Crippen LogP contribution in [-0.4, -0.2) is 42.2 Å². The number of rotatable bonds is 14. The van der Waals surface area contributed by atoms with Crippen LogP contribution in [0, 0.1) is 0 Å². The highest BCUT2D eigenvalue weighted by molar-refractivity contribution is 9.10. The monoisotopic (exact) mass is 771 g/mol. The van der Waals surface area contributed by atoms with Crippen LogP contribution in [0.15, 0.2) is 137 Å². The molecule has 0 saturated heterocycles. The van der Waals surface area contributed by atoms with Crippen LogP contribution in [0.4, 0.5) is 0 Å². The standard InChI is InChI=1S/C40H36BrCl2N3O4/c41-35-15-8-7-14-30(35)25-40(39(48)46-44-26-34(27-10-3-1-4-11-27)28-12-5-2-6-13-28)37(33-21-18-31(42)24-36(33)43)50-38(45-40)29-16-19-32(20-17-29)49-23-9-22-47/h1-8,10-21,24,34,37,44,47H,9,22-23,25-26H2,(H,46,48)/t37-,40-/m0/s1. The van der Waals surface area contributed by atoms with Gasteiger partial charge in [0, 0.05) is 57.6 Å². The maximum atomic E-state index is 14.8. The van der Waals surface area contributed by atoms with E-state index in [1.807, 2.05) is 84.9 Å². The zero-order valence-corrected chi connectivity index (χ0v) is 30.2. The smallest absolute Gasteiger partial charge is 0.266 e. The summed E-state index contributed by atoms with van der Waals surface area (Å²) < 4.78 is 13.2. The van der Waals surface area contributed by atoms with Crippen LogP contribution >= 0.6 is 39.1 Å². The van der Waals surface area contributed by atoms with Gasteiger partial charge in [0.05, 0.1) is 6.61 Å². The number of benzene rings is 5. The van der Waals surface area contributed by atoms with E-state index in [-0.39, 0.29) is 30.8 Å². The quantitative estimate of drug-likeness (QED) is 0.0779. The average Bonchev–Trinajstić information content (AvgIpc) is 3.52. The van der Waals surface area contributed by atoms with E-state index in [1.165, 1.54) is 0 Å². The highest BCUT2D eigenvalue weighted by Gasteiger charge is 2.54. The molecule has 6 rings (SSSR count). The lowest BCUT2D eigenvalue weighted by molar-refractivity contribution is -0.130. The fourth-order valence-corrected chi connectivity index (χ4v) is 6.98. The molecule has 2 atom stereocenters. The van der Waals surface area contributed by atoms with Crippen molar-refractivity contribution in [3.05, 3.63) is 170 Å². The van der Waals surface area contributed by atoms with Crippen LogP contribution in [0.2, 0.25) is 10.0 Å². The van der Waals surface area contributed by atoms with Crippen LogP contribution in [0.1, 0.15) is 46.3 Å². The topological polar surface area (TPSA) is 92.2 Å². The number of carbonyl (C=O) groups is 1. The molecular formula is C40H36BrCl2N3O4. The van der Waals surface area contributed by atoms with Crippen LogP contribution < -0.4 is 15.6 Å². The molecule has 0 aliphatic carbocycles. The first-order valence-electron chi connectivity index (χ1n) is 16.3. The van der Waals surface area contributed by atoms with E-state index in [1.54, 1.807) is 18.2 Å². The molecule has 1 aliphatic heterocycles. The Morgan fingerprint density at radius 1 is 0.900 bits per heavy atom. The number of nitrogens with zero attached hydrogens (tertiary/aromatic N) is 1. The van der Waals surface area contributed by atoms with Gasteiger partial charge in [-0.2, -0.15) is 0 Å². The Labute approximate surface area is 310 Å². The van der Waals surface area contributed by atoms with E-state index < -0.39 is 11.6 Å². The maximum Gasteiger partial charge on any atom is 0.266 e. The Kier molecular flexibility index (Phi) is 11.9. The second kappa shape index (κ2) is 16.7. The molecule has 0 spiro atoms. The third kappa shape index (κ3) is 8.23. The lowest BCUT2D eigenvalue weighted by atomic mass is 9.82. The van der Waals surface area contributed by atoms with Crippen LogP contribution in [0.3, 0.4) is 0 Å². The molecular weight excluding hydrogens is 737 g/mol. The molecule has 256 valence electrons. The zero-order chi connectivity index (χ0) is 34.9. The van der Waals surface area contributed by atoms with Crippen molar-refractivity contribution in [2.24, 2.45) is 4.99 Å². The molecule has 0 unspecified atom stereocenters. The van der Waals surface area contributed by atoms with Crippen molar-refractivity contribution in [2.75, 3.05) is 19.8 Å². The molecule has 0 fully saturated rings. The average molecular weight is 774 g/mol. The summed E-state index contributed by atoms with van der Waals surface area (Å²) in [5.74, 6) is 0.515. The number of aliphatic imine (C=N–C) groups is 1. The highest BCUT2D eigenvalue weighted by atomic mass is 79.9. The van der Waals surface area contributed by atoms with Gasteiger partial charge in [-0.25, -0.2) is 10.4 Å². The summed E-state index contributed by atoms with van der Waals surface area (Å²) in [5.41, 5.74) is 9.10. The molecule has 5 aromatic carbocycles. The van der Waals surface area contributed by atoms with Gasteiger partial charge in [0.2, 0.25) is 5.90 Å². The van der Waals surface area contributed by atoms with Gasteiger partial charge in [-0.1, -0.05) is 124 Å². The largest absolute Gasteiger partial charge is 0.494 e. The Morgan fingerprint density at radius 3 is 2.20 bits per heavy atom. The van der Waals surface area contributed by atoms with E-state index in [2.05, 4.69) is 51.0 Å². The van der Waals surface area contributed by atoms with Crippen molar-refractivity contribution >= 4 is 50.9 Å². The molecule has 1 amide bonds. The number of hydrazine groups is 1. The number of nitrogens with one attached hydrogen (secondary N) is 2. The molecule has 5 aromatic rings. The summed E-state index contributed by atoms with van der Waals surface area (Å²) in [6, 6.07) is 40.5. The predicted molar refractivity (Wildman–Crippen MR) is 202 cm³/mol. The minimum Gasteiger partial charge on any atom is -0.494 e. The van der Waals surface area contributed by atoms with Crippen molar-refractivity contribution in [1.82, 2.24) is 10.9 Å². The first-order chi connectivity index (χ1) is 24.4. The lowest BCUT2D eigenvalue weighted by Crippen LogP contribution is -2.54. The van der Waals surface area contributed by atoms with Gasteiger partial charge in [-0.3, -0.25) is 10.2 Å². The van der Waals surface area contributed by atoms with Gasteiger partial charge in [0.25, 0.3) is 5.91 Å². The van der Waals surface area contributed by atoms with E-state index in [0.717, 1.165) is 21.2 Å². The van der Waals surface area contributed by atoms with Crippen molar-refractivity contribution in [3.63, 3.8) is 0 Å². The molecule has 0 radical (unpaired) electrons. The van der Waals surface area contributed by atoms with Gasteiger partial charge in [0.15, 0.2) is 11.6 Å². The number of amides is 1. The summed E-state index contributed by atoms with van der Waals surface area (Å²) in [4.78, 5) is 19.9. The van der Waals surface area contributed by atoms with Gasteiger partial charge in [-0.05, 0) is 59.2 Å². The summed E-state index contributed by atoms with van der Waals surface area (Å²) in [5, 5.41) is 9.94. The summed E-state index contributed by atoms with van der Waals surface area (Å²) in [6.07, 6.45) is -0.187. The van der Waals surface area contributed by atoms with E-state index in [9.17, 15) is 4.79 Å². The van der Waals surface area contributed by atoms with E-state index in [0.29, 0.717) is 46.5 Å². The maximum absolute atomic E-state index is 14.8. The Bertz CT molecular complexity index is 1890. The van der Waals surface area contributed by atoms with Gasteiger partial charge < -0.3 is 14.6 Å². The van der Waals surface area contributed by atoms with Gasteiger partial charge >= 0.3 is 0 Å². The fourth-order valence-electron chi connectivity index (χ4n) is 6.05. The lowest BCUT2D eigenvalue weighted by Gasteiger charge is -2.32. The molecule has 3 N–H and O–H groups in total. The summed E-state index contributed by atoms with van der Waals surface area (Å²) in [6.45, 7) is 0.863. The molecule has 10 heteroatoms. The molecule has 1 heterocycles. The van der Waals surface area contributed by atoms with Crippen LogP contribution in [0.5, 0.6) is 5.75 Å². The van der Waals surface area contributed by atoms with Crippen LogP contribution in [0.25, 0.3) is 0 Å². The molecule has 7 nitrogen and oxygen atoms in total. The van der Waals surface area contributed by atoms with Crippen molar-refractivity contribution in [1.29, 1.82) is 0 Å². The second-order valence-electron chi connectivity index (χ2n) is 11.9. The Morgan fingerprint density at radius 2 is 1.56 bits per heavy atom. The van der Waals surface area contributed by atoms with Crippen molar-refractivity contribution in [2.45, 2.75) is 30.4 Å².